The van der Waals surface area contributed by atoms with E-state index in [2.05, 4.69) is 85.9 Å². The topological polar surface area (TPSA) is 38.0 Å². The Kier molecular flexibility index (Phi) is 9.90. The molecule has 0 aliphatic heterocycles. The van der Waals surface area contributed by atoms with E-state index in [1.54, 1.807) is 0 Å². The minimum Gasteiger partial charge on any atom is -0.366 e. The molecule has 0 fully saturated rings. The van der Waals surface area contributed by atoms with Gasteiger partial charge in [-0.05, 0) is 34.6 Å². The molecule has 3 aromatic carbocycles. The molecule has 3 rings (SSSR count). The molecule has 2 heteroatoms. The Labute approximate surface area is 182 Å². The summed E-state index contributed by atoms with van der Waals surface area (Å²) in [5, 5.41) is 3.53. The van der Waals surface area contributed by atoms with Crippen LogP contribution >= 0.6 is 0 Å². The summed E-state index contributed by atoms with van der Waals surface area (Å²) in [6, 6.07) is 29.3. The van der Waals surface area contributed by atoms with Crippen LogP contribution in [0.2, 0.25) is 0 Å². The second kappa shape index (κ2) is 12.7. The highest BCUT2D eigenvalue weighted by Crippen LogP contribution is 2.24. The van der Waals surface area contributed by atoms with Crippen molar-refractivity contribution in [2.24, 2.45) is 11.7 Å². The van der Waals surface area contributed by atoms with E-state index >= 15 is 0 Å². The van der Waals surface area contributed by atoms with Crippen molar-refractivity contribution >= 4 is 5.70 Å². The summed E-state index contributed by atoms with van der Waals surface area (Å²) in [5.41, 5.74) is 12.2. The molecular formula is C28H36N2. The van der Waals surface area contributed by atoms with E-state index in [1.165, 1.54) is 17.5 Å². The summed E-state index contributed by atoms with van der Waals surface area (Å²) >= 11 is 0. The summed E-state index contributed by atoms with van der Waals surface area (Å²) in [5.74, 6) is 0.647. The number of allylic oxidation sites excluding steroid dienone is 1. The first-order valence-corrected chi connectivity index (χ1v) is 11.1. The van der Waals surface area contributed by atoms with Gasteiger partial charge in [-0.25, -0.2) is 0 Å². The van der Waals surface area contributed by atoms with E-state index in [-0.39, 0.29) is 6.17 Å². The minimum absolute atomic E-state index is 0.238. The largest absolute Gasteiger partial charge is 0.366 e. The summed E-state index contributed by atoms with van der Waals surface area (Å²) in [6.07, 6.45) is 4.25. The fraction of sp³-hybridized carbons (Fsp3) is 0.286. The lowest BCUT2D eigenvalue weighted by atomic mass is 10.00. The van der Waals surface area contributed by atoms with Crippen molar-refractivity contribution in [3.8, 4) is 11.1 Å². The van der Waals surface area contributed by atoms with Crippen LogP contribution in [0.15, 0.2) is 91.0 Å². The van der Waals surface area contributed by atoms with Crippen molar-refractivity contribution in [2.75, 3.05) is 0 Å². The fourth-order valence-electron chi connectivity index (χ4n) is 3.13. The van der Waals surface area contributed by atoms with E-state index in [0.29, 0.717) is 5.92 Å². The zero-order valence-corrected chi connectivity index (χ0v) is 18.8. The number of rotatable bonds is 8. The van der Waals surface area contributed by atoms with Crippen LogP contribution in [-0.4, -0.2) is 0 Å². The highest BCUT2D eigenvalue weighted by Gasteiger charge is 2.10. The van der Waals surface area contributed by atoms with Gasteiger partial charge in [0.25, 0.3) is 0 Å². The number of nitrogens with two attached hydrogens (primary N) is 1. The van der Waals surface area contributed by atoms with Gasteiger partial charge in [0.2, 0.25) is 0 Å². The molecule has 2 unspecified atom stereocenters. The molecule has 0 radical (unpaired) electrons. The average molecular weight is 401 g/mol. The lowest BCUT2D eigenvalue weighted by Gasteiger charge is -2.20. The van der Waals surface area contributed by atoms with Gasteiger partial charge < -0.3 is 11.1 Å². The van der Waals surface area contributed by atoms with E-state index in [1.807, 2.05) is 38.1 Å². The molecule has 0 aliphatic rings. The molecule has 0 spiro atoms. The molecule has 0 saturated heterocycles. The van der Waals surface area contributed by atoms with E-state index < -0.39 is 0 Å². The summed E-state index contributed by atoms with van der Waals surface area (Å²) < 4.78 is 0. The smallest absolute Gasteiger partial charge is 0.101 e. The molecule has 3 aromatic rings. The van der Waals surface area contributed by atoms with Crippen molar-refractivity contribution in [3.63, 3.8) is 0 Å². The van der Waals surface area contributed by atoms with Gasteiger partial charge in [0.05, 0.1) is 0 Å². The van der Waals surface area contributed by atoms with Gasteiger partial charge in [-0.1, -0.05) is 125 Å². The Morgan fingerprint density at radius 2 is 1.37 bits per heavy atom. The summed E-state index contributed by atoms with van der Waals surface area (Å²) in [4.78, 5) is 0. The standard InChI is InChI=1S/C26H30N2.C2H6/c1-3-20(2)14-19-25(28-26(27)24-12-8-5-9-13-24)23-17-15-22(16-18-23)21-10-6-4-7-11-21;1-2/h4-13,15-20,26,28H,3,14,27H2,1-2H3;1-2H3/b25-19-;. The molecule has 0 amide bonds. The highest BCUT2D eigenvalue weighted by molar-refractivity contribution is 5.70. The molecule has 0 aromatic heterocycles. The second-order valence-corrected chi connectivity index (χ2v) is 7.34. The van der Waals surface area contributed by atoms with Crippen molar-refractivity contribution in [2.45, 2.75) is 46.7 Å². The predicted molar refractivity (Wildman–Crippen MR) is 132 cm³/mol. The van der Waals surface area contributed by atoms with Crippen molar-refractivity contribution in [3.05, 3.63) is 102 Å². The zero-order valence-electron chi connectivity index (χ0n) is 18.8. The van der Waals surface area contributed by atoms with Gasteiger partial charge >= 0.3 is 0 Å². The highest BCUT2D eigenvalue weighted by atomic mass is 15.0. The second-order valence-electron chi connectivity index (χ2n) is 7.34. The molecule has 3 N–H and O–H groups in total. The van der Waals surface area contributed by atoms with Crippen LogP contribution in [0.3, 0.4) is 0 Å². The molecular weight excluding hydrogens is 364 g/mol. The minimum atomic E-state index is -0.238. The van der Waals surface area contributed by atoms with Crippen LogP contribution in [0.4, 0.5) is 0 Å². The normalized spacial score (nSPS) is 13.0. The quantitative estimate of drug-likeness (QED) is 0.386. The number of nitrogens with one attached hydrogen (secondary N) is 1. The number of hydrogen-bond donors (Lipinski definition) is 2. The van der Waals surface area contributed by atoms with Crippen molar-refractivity contribution in [1.82, 2.24) is 5.32 Å². The van der Waals surface area contributed by atoms with Gasteiger partial charge in [-0.3, -0.25) is 0 Å². The van der Waals surface area contributed by atoms with Gasteiger partial charge in [-0.15, -0.1) is 0 Å². The SMILES string of the molecule is CC.CCC(C)C/C=C(\NC(N)c1ccccc1)c1ccc(-c2ccccc2)cc1. The molecule has 0 bridgehead atoms. The molecule has 30 heavy (non-hydrogen) atoms. The van der Waals surface area contributed by atoms with E-state index in [4.69, 9.17) is 5.73 Å². The van der Waals surface area contributed by atoms with Gasteiger partial charge in [0.15, 0.2) is 0 Å². The number of benzene rings is 3. The van der Waals surface area contributed by atoms with Gasteiger partial charge in [0.1, 0.15) is 6.17 Å². The molecule has 2 nitrogen and oxygen atoms in total. The summed E-state index contributed by atoms with van der Waals surface area (Å²) in [6.45, 7) is 8.51. The molecule has 2 atom stereocenters. The van der Waals surface area contributed by atoms with Gasteiger partial charge in [0, 0.05) is 5.70 Å². The first-order valence-electron chi connectivity index (χ1n) is 11.1. The number of hydrogen-bond acceptors (Lipinski definition) is 2. The van der Waals surface area contributed by atoms with Crippen LogP contribution in [0.1, 0.15) is 57.8 Å². The van der Waals surface area contributed by atoms with Crippen LogP contribution in [0, 0.1) is 5.92 Å². The maximum absolute atomic E-state index is 6.44. The third kappa shape index (κ3) is 6.89. The predicted octanol–water partition coefficient (Wildman–Crippen LogP) is 7.40. The lowest BCUT2D eigenvalue weighted by molar-refractivity contribution is 0.569. The fourth-order valence-corrected chi connectivity index (χ4v) is 3.13. The lowest BCUT2D eigenvalue weighted by Crippen LogP contribution is -2.27. The first-order chi connectivity index (χ1) is 14.7. The Bertz CT molecular complexity index is 868. The third-order valence-electron chi connectivity index (χ3n) is 5.19. The Hall–Kier alpha value is -2.84. The monoisotopic (exact) mass is 400 g/mol. The molecule has 0 saturated carbocycles. The van der Waals surface area contributed by atoms with E-state index in [0.717, 1.165) is 23.2 Å². The average Bonchev–Trinajstić information content (AvgIpc) is 2.84. The maximum atomic E-state index is 6.44. The van der Waals surface area contributed by atoms with Crippen molar-refractivity contribution in [1.29, 1.82) is 0 Å². The third-order valence-corrected chi connectivity index (χ3v) is 5.19. The maximum Gasteiger partial charge on any atom is 0.101 e. The Morgan fingerprint density at radius 1 is 0.833 bits per heavy atom. The molecule has 0 aliphatic carbocycles. The Balaban J connectivity index is 0.00000155. The van der Waals surface area contributed by atoms with Crippen LogP contribution in [0.5, 0.6) is 0 Å². The van der Waals surface area contributed by atoms with Crippen molar-refractivity contribution < 1.29 is 0 Å². The summed E-state index contributed by atoms with van der Waals surface area (Å²) in [7, 11) is 0. The van der Waals surface area contributed by atoms with Crippen LogP contribution < -0.4 is 11.1 Å². The molecule has 158 valence electrons. The molecule has 0 heterocycles. The Morgan fingerprint density at radius 3 is 1.93 bits per heavy atom. The van der Waals surface area contributed by atoms with Gasteiger partial charge in [-0.2, -0.15) is 0 Å². The van der Waals surface area contributed by atoms with Crippen LogP contribution in [0.25, 0.3) is 16.8 Å². The first kappa shape index (κ1) is 23.4. The van der Waals surface area contributed by atoms with Crippen LogP contribution in [-0.2, 0) is 0 Å². The zero-order chi connectivity index (χ0) is 21.8. The van der Waals surface area contributed by atoms with E-state index in [9.17, 15) is 0 Å².